The molecular formula is C14H13NO6. The summed E-state index contributed by atoms with van der Waals surface area (Å²) in [4.78, 5) is 21.2. The number of ether oxygens (including phenoxy) is 1. The first kappa shape index (κ1) is 14.6. The lowest BCUT2D eigenvalue weighted by atomic mass is 10.2. The van der Waals surface area contributed by atoms with Crippen LogP contribution in [0, 0.1) is 24.0 Å². The summed E-state index contributed by atoms with van der Waals surface area (Å²) in [6.07, 6.45) is 0. The number of benzene rings is 1. The smallest absolute Gasteiger partial charge is 0.371 e. The second kappa shape index (κ2) is 5.66. The van der Waals surface area contributed by atoms with Crippen LogP contribution in [-0.4, -0.2) is 16.0 Å². The molecule has 0 saturated carbocycles. The predicted molar refractivity (Wildman–Crippen MR) is 72.6 cm³/mol. The number of hydrogen-bond acceptors (Lipinski definition) is 5. The van der Waals surface area contributed by atoms with E-state index in [1.54, 1.807) is 19.9 Å². The van der Waals surface area contributed by atoms with Crippen LogP contribution in [0.3, 0.4) is 0 Å². The van der Waals surface area contributed by atoms with E-state index in [1.807, 2.05) is 0 Å². The molecule has 1 heterocycles. The fraction of sp³-hybridized carbons (Fsp3) is 0.214. The molecule has 0 fully saturated rings. The lowest BCUT2D eigenvalue weighted by Gasteiger charge is -2.08. The summed E-state index contributed by atoms with van der Waals surface area (Å²) in [6, 6.07) is 5.93. The molecule has 1 N–H and O–H groups in total. The molecule has 0 aliphatic carbocycles. The van der Waals surface area contributed by atoms with E-state index >= 15 is 0 Å². The Kier molecular flexibility index (Phi) is 3.93. The lowest BCUT2D eigenvalue weighted by molar-refractivity contribution is -0.385. The topological polar surface area (TPSA) is 103 Å². The number of carbonyl (C=O) groups is 1. The minimum absolute atomic E-state index is 0.0253. The molecular weight excluding hydrogens is 278 g/mol. The highest BCUT2D eigenvalue weighted by molar-refractivity contribution is 5.84. The Morgan fingerprint density at radius 2 is 2.14 bits per heavy atom. The van der Waals surface area contributed by atoms with Crippen LogP contribution >= 0.6 is 0 Å². The van der Waals surface area contributed by atoms with Crippen LogP contribution in [-0.2, 0) is 6.61 Å². The Labute approximate surface area is 119 Å². The van der Waals surface area contributed by atoms with Crippen molar-refractivity contribution in [2.24, 2.45) is 0 Å². The highest BCUT2D eigenvalue weighted by Crippen LogP contribution is 2.28. The van der Waals surface area contributed by atoms with Crippen molar-refractivity contribution < 1.29 is 24.0 Å². The first-order valence-electron chi connectivity index (χ1n) is 6.09. The van der Waals surface area contributed by atoms with Gasteiger partial charge in [-0.15, -0.1) is 0 Å². The van der Waals surface area contributed by atoms with E-state index in [9.17, 15) is 14.9 Å². The molecule has 0 saturated heterocycles. The van der Waals surface area contributed by atoms with Gasteiger partial charge in [-0.25, -0.2) is 4.79 Å². The summed E-state index contributed by atoms with van der Waals surface area (Å²) in [5, 5.41) is 19.7. The van der Waals surface area contributed by atoms with E-state index in [4.69, 9.17) is 14.3 Å². The van der Waals surface area contributed by atoms with Crippen LogP contribution in [0.15, 0.2) is 28.7 Å². The van der Waals surface area contributed by atoms with Crippen molar-refractivity contribution in [1.29, 1.82) is 0 Å². The first-order chi connectivity index (χ1) is 9.90. The van der Waals surface area contributed by atoms with E-state index in [2.05, 4.69) is 0 Å². The average Bonchev–Trinajstić information content (AvgIpc) is 2.79. The zero-order valence-electron chi connectivity index (χ0n) is 11.5. The molecule has 2 aromatic rings. The standard InChI is InChI=1S/C14H13NO6/c1-8-11(15(18)19)4-3-5-12(8)20-7-10-6-13(14(16)17)21-9(10)2/h3-6H,7H2,1-2H3,(H,16,17). The van der Waals surface area contributed by atoms with Crippen LogP contribution in [0.25, 0.3) is 0 Å². The molecule has 0 amide bonds. The number of hydrogen-bond donors (Lipinski definition) is 1. The maximum atomic E-state index is 10.9. The van der Waals surface area contributed by atoms with Gasteiger partial charge in [0, 0.05) is 11.6 Å². The maximum Gasteiger partial charge on any atom is 0.371 e. The monoisotopic (exact) mass is 291 g/mol. The van der Waals surface area contributed by atoms with E-state index in [0.29, 0.717) is 22.6 Å². The van der Waals surface area contributed by atoms with Gasteiger partial charge in [-0.05, 0) is 26.0 Å². The number of carboxylic acid groups (broad SMARTS) is 1. The van der Waals surface area contributed by atoms with Crippen LogP contribution in [0.2, 0.25) is 0 Å². The zero-order valence-corrected chi connectivity index (χ0v) is 11.5. The second-order valence-electron chi connectivity index (χ2n) is 4.44. The number of aryl methyl sites for hydroxylation is 1. The Morgan fingerprint density at radius 1 is 1.43 bits per heavy atom. The normalized spacial score (nSPS) is 10.4. The molecule has 110 valence electrons. The molecule has 2 rings (SSSR count). The summed E-state index contributed by atoms with van der Waals surface area (Å²) in [5.41, 5.74) is 0.975. The molecule has 7 heteroatoms. The van der Waals surface area contributed by atoms with Gasteiger partial charge in [0.1, 0.15) is 18.1 Å². The number of nitro benzene ring substituents is 1. The summed E-state index contributed by atoms with van der Waals surface area (Å²) in [7, 11) is 0. The van der Waals surface area contributed by atoms with Crippen molar-refractivity contribution in [2.75, 3.05) is 0 Å². The number of rotatable bonds is 5. The van der Waals surface area contributed by atoms with Gasteiger partial charge >= 0.3 is 5.97 Å². The Morgan fingerprint density at radius 3 is 2.71 bits per heavy atom. The Bertz CT molecular complexity index is 703. The van der Waals surface area contributed by atoms with Gasteiger partial charge < -0.3 is 14.3 Å². The fourth-order valence-electron chi connectivity index (χ4n) is 1.88. The average molecular weight is 291 g/mol. The quantitative estimate of drug-likeness (QED) is 0.670. The highest BCUT2D eigenvalue weighted by atomic mass is 16.6. The molecule has 1 aromatic heterocycles. The van der Waals surface area contributed by atoms with Crippen molar-refractivity contribution in [2.45, 2.75) is 20.5 Å². The molecule has 0 aliphatic heterocycles. The van der Waals surface area contributed by atoms with E-state index in [-0.39, 0.29) is 18.1 Å². The third-order valence-corrected chi connectivity index (χ3v) is 3.07. The van der Waals surface area contributed by atoms with Gasteiger partial charge in [0.05, 0.1) is 10.5 Å². The van der Waals surface area contributed by atoms with Crippen molar-refractivity contribution >= 4 is 11.7 Å². The third kappa shape index (κ3) is 3.02. The third-order valence-electron chi connectivity index (χ3n) is 3.07. The van der Waals surface area contributed by atoms with E-state index in [0.717, 1.165) is 0 Å². The number of nitrogens with zero attached hydrogens (tertiary/aromatic N) is 1. The summed E-state index contributed by atoms with van der Waals surface area (Å²) < 4.78 is 10.6. The Hall–Kier alpha value is -2.83. The minimum atomic E-state index is -1.16. The molecule has 0 radical (unpaired) electrons. The molecule has 0 atom stereocenters. The van der Waals surface area contributed by atoms with E-state index < -0.39 is 10.9 Å². The van der Waals surface area contributed by atoms with Gasteiger partial charge in [-0.2, -0.15) is 0 Å². The van der Waals surface area contributed by atoms with Crippen LogP contribution in [0.4, 0.5) is 5.69 Å². The summed E-state index contributed by atoms with van der Waals surface area (Å²) >= 11 is 0. The zero-order chi connectivity index (χ0) is 15.6. The molecule has 0 bridgehead atoms. The van der Waals surface area contributed by atoms with Gasteiger partial charge in [-0.1, -0.05) is 6.07 Å². The Balaban J connectivity index is 2.19. The summed E-state index contributed by atoms with van der Waals surface area (Å²) in [5.74, 6) is -0.505. The molecule has 0 spiro atoms. The van der Waals surface area contributed by atoms with Crippen molar-refractivity contribution in [3.05, 3.63) is 57.0 Å². The van der Waals surface area contributed by atoms with Gasteiger partial charge in [0.2, 0.25) is 5.76 Å². The minimum Gasteiger partial charge on any atom is -0.488 e. The highest BCUT2D eigenvalue weighted by Gasteiger charge is 2.16. The van der Waals surface area contributed by atoms with Gasteiger partial charge in [-0.3, -0.25) is 10.1 Å². The van der Waals surface area contributed by atoms with Crippen molar-refractivity contribution in [3.8, 4) is 5.75 Å². The number of aromatic carboxylic acids is 1. The van der Waals surface area contributed by atoms with Crippen LogP contribution < -0.4 is 4.74 Å². The molecule has 0 unspecified atom stereocenters. The molecule has 1 aromatic carbocycles. The van der Waals surface area contributed by atoms with Crippen LogP contribution in [0.5, 0.6) is 5.75 Å². The van der Waals surface area contributed by atoms with Gasteiger partial charge in [0.25, 0.3) is 5.69 Å². The number of nitro groups is 1. The van der Waals surface area contributed by atoms with Crippen LogP contribution in [0.1, 0.15) is 27.4 Å². The largest absolute Gasteiger partial charge is 0.488 e. The first-order valence-corrected chi connectivity index (χ1v) is 6.09. The molecule has 0 aliphatic rings. The number of carboxylic acids is 1. The van der Waals surface area contributed by atoms with Gasteiger partial charge in [0.15, 0.2) is 0 Å². The van der Waals surface area contributed by atoms with Crippen molar-refractivity contribution in [1.82, 2.24) is 0 Å². The maximum absolute atomic E-state index is 10.9. The number of furan rings is 1. The second-order valence-corrected chi connectivity index (χ2v) is 4.44. The SMILES string of the molecule is Cc1oc(C(=O)O)cc1COc1cccc([N+](=O)[O-])c1C. The summed E-state index contributed by atoms with van der Waals surface area (Å²) in [6.45, 7) is 3.30. The van der Waals surface area contributed by atoms with Crippen molar-refractivity contribution in [3.63, 3.8) is 0 Å². The van der Waals surface area contributed by atoms with E-state index in [1.165, 1.54) is 18.2 Å². The fourth-order valence-corrected chi connectivity index (χ4v) is 1.88. The molecule has 7 nitrogen and oxygen atoms in total. The lowest BCUT2D eigenvalue weighted by Crippen LogP contribution is -1.99. The predicted octanol–water partition coefficient (Wildman–Crippen LogP) is 3.08. The molecule has 21 heavy (non-hydrogen) atoms.